The van der Waals surface area contributed by atoms with Crippen molar-refractivity contribution in [2.24, 2.45) is 0 Å². The number of ether oxygens (including phenoxy) is 2. The average Bonchev–Trinajstić information content (AvgIpc) is 3.11. The van der Waals surface area contributed by atoms with E-state index in [1.807, 2.05) is 38.1 Å². The maximum absolute atomic E-state index is 12.8. The van der Waals surface area contributed by atoms with Crippen molar-refractivity contribution < 1.29 is 17.9 Å². The minimum absolute atomic E-state index is 0.122. The number of fused-ring (bicyclic) bond motifs is 1. The summed E-state index contributed by atoms with van der Waals surface area (Å²) < 4.78 is 39.3. The molecule has 1 aliphatic rings. The van der Waals surface area contributed by atoms with Gasteiger partial charge in [-0.3, -0.25) is 4.72 Å². The number of anilines is 1. The highest BCUT2D eigenvalue weighted by Gasteiger charge is 2.22. The second-order valence-electron chi connectivity index (χ2n) is 6.47. The molecule has 0 unspecified atom stereocenters. The van der Waals surface area contributed by atoms with E-state index in [1.54, 1.807) is 36.4 Å². The normalized spacial score (nSPS) is 12.8. The molecule has 27 heavy (non-hydrogen) atoms. The van der Waals surface area contributed by atoms with Crippen molar-refractivity contribution in [2.75, 3.05) is 11.5 Å². The summed E-state index contributed by atoms with van der Waals surface area (Å²) in [6, 6.07) is 17.8. The molecule has 3 aromatic carbocycles. The van der Waals surface area contributed by atoms with Crippen molar-refractivity contribution in [3.05, 3.63) is 71.8 Å². The van der Waals surface area contributed by atoms with E-state index >= 15 is 0 Å². The highest BCUT2D eigenvalue weighted by atomic mass is 32.2. The van der Waals surface area contributed by atoms with E-state index in [0.717, 1.165) is 16.7 Å². The lowest BCUT2D eigenvalue weighted by molar-refractivity contribution is 0.174. The van der Waals surface area contributed by atoms with Gasteiger partial charge in [-0.25, -0.2) is 8.42 Å². The summed E-state index contributed by atoms with van der Waals surface area (Å²) in [6.07, 6.45) is 0. The van der Waals surface area contributed by atoms with Crippen LogP contribution in [0.3, 0.4) is 0 Å². The van der Waals surface area contributed by atoms with Gasteiger partial charge in [0.2, 0.25) is 6.79 Å². The Hall–Kier alpha value is -2.99. The van der Waals surface area contributed by atoms with Crippen LogP contribution in [0.2, 0.25) is 0 Å². The van der Waals surface area contributed by atoms with Gasteiger partial charge >= 0.3 is 0 Å². The van der Waals surface area contributed by atoms with Crippen molar-refractivity contribution in [3.8, 4) is 22.6 Å². The zero-order valence-corrected chi connectivity index (χ0v) is 15.8. The van der Waals surface area contributed by atoms with Crippen LogP contribution in [-0.2, 0) is 10.0 Å². The molecule has 0 spiro atoms. The predicted octanol–water partition coefficient (Wildman–Crippen LogP) is 4.50. The fourth-order valence-electron chi connectivity index (χ4n) is 2.98. The topological polar surface area (TPSA) is 64.6 Å². The molecule has 1 aliphatic heterocycles. The SMILES string of the molecule is Cc1ccc(-c2cc3c(cc2NS(=O)(=O)c2ccccc2)OCO3)cc1C. The first-order valence-corrected chi connectivity index (χ1v) is 10.0. The summed E-state index contributed by atoms with van der Waals surface area (Å²) >= 11 is 0. The first kappa shape index (κ1) is 17.4. The zero-order valence-electron chi connectivity index (χ0n) is 15.0. The Morgan fingerprint density at radius 2 is 1.56 bits per heavy atom. The predicted molar refractivity (Wildman–Crippen MR) is 105 cm³/mol. The lowest BCUT2D eigenvalue weighted by atomic mass is 9.99. The van der Waals surface area contributed by atoms with E-state index in [0.29, 0.717) is 17.2 Å². The van der Waals surface area contributed by atoms with Gasteiger partial charge in [0.1, 0.15) is 0 Å². The number of nitrogens with one attached hydrogen (secondary N) is 1. The van der Waals surface area contributed by atoms with Crippen LogP contribution in [-0.4, -0.2) is 15.2 Å². The van der Waals surface area contributed by atoms with Crippen LogP contribution < -0.4 is 14.2 Å². The molecule has 0 saturated carbocycles. The molecule has 0 radical (unpaired) electrons. The van der Waals surface area contributed by atoms with Gasteiger partial charge in [-0.15, -0.1) is 0 Å². The van der Waals surface area contributed by atoms with Gasteiger partial charge in [0.05, 0.1) is 10.6 Å². The van der Waals surface area contributed by atoms with E-state index in [1.165, 1.54) is 5.56 Å². The summed E-state index contributed by atoms with van der Waals surface area (Å²) in [5, 5.41) is 0. The lowest BCUT2D eigenvalue weighted by Crippen LogP contribution is -2.13. The number of hydrogen-bond acceptors (Lipinski definition) is 4. The van der Waals surface area contributed by atoms with Crippen molar-refractivity contribution in [3.63, 3.8) is 0 Å². The molecular formula is C21H19NO4S. The zero-order chi connectivity index (χ0) is 19.0. The highest BCUT2D eigenvalue weighted by molar-refractivity contribution is 7.92. The molecular weight excluding hydrogens is 362 g/mol. The Morgan fingerprint density at radius 3 is 2.26 bits per heavy atom. The Bertz CT molecular complexity index is 1110. The molecule has 5 nitrogen and oxygen atoms in total. The molecule has 0 aromatic heterocycles. The van der Waals surface area contributed by atoms with Crippen LogP contribution >= 0.6 is 0 Å². The second-order valence-corrected chi connectivity index (χ2v) is 8.15. The number of rotatable bonds is 4. The third-order valence-electron chi connectivity index (χ3n) is 4.63. The average molecular weight is 381 g/mol. The maximum atomic E-state index is 12.8. The van der Waals surface area contributed by atoms with Gasteiger partial charge in [-0.1, -0.05) is 36.4 Å². The summed E-state index contributed by atoms with van der Waals surface area (Å²) in [6.45, 7) is 4.19. The first-order valence-electron chi connectivity index (χ1n) is 8.53. The minimum Gasteiger partial charge on any atom is -0.454 e. The number of benzene rings is 3. The monoisotopic (exact) mass is 381 g/mol. The smallest absolute Gasteiger partial charge is 0.261 e. The van der Waals surface area contributed by atoms with Crippen molar-refractivity contribution >= 4 is 15.7 Å². The number of aryl methyl sites for hydroxylation is 2. The van der Waals surface area contributed by atoms with E-state index in [2.05, 4.69) is 4.72 Å². The molecule has 4 rings (SSSR count). The fraction of sp³-hybridized carbons (Fsp3) is 0.143. The summed E-state index contributed by atoms with van der Waals surface area (Å²) in [5.74, 6) is 1.12. The van der Waals surface area contributed by atoms with Gasteiger partial charge < -0.3 is 9.47 Å². The van der Waals surface area contributed by atoms with Crippen LogP contribution in [0.5, 0.6) is 11.5 Å². The molecule has 6 heteroatoms. The van der Waals surface area contributed by atoms with Crippen LogP contribution in [0, 0.1) is 13.8 Å². The summed E-state index contributed by atoms with van der Waals surface area (Å²) in [7, 11) is -3.73. The largest absolute Gasteiger partial charge is 0.454 e. The Morgan fingerprint density at radius 1 is 0.852 bits per heavy atom. The van der Waals surface area contributed by atoms with E-state index in [4.69, 9.17) is 9.47 Å². The molecule has 0 aliphatic carbocycles. The van der Waals surface area contributed by atoms with Crippen LogP contribution in [0.15, 0.2) is 65.6 Å². The molecule has 0 bridgehead atoms. The number of sulfonamides is 1. The van der Waals surface area contributed by atoms with Crippen LogP contribution in [0.25, 0.3) is 11.1 Å². The van der Waals surface area contributed by atoms with E-state index in [9.17, 15) is 8.42 Å². The maximum Gasteiger partial charge on any atom is 0.261 e. The first-order chi connectivity index (χ1) is 12.9. The lowest BCUT2D eigenvalue weighted by Gasteiger charge is -2.15. The molecule has 0 fully saturated rings. The third-order valence-corrected chi connectivity index (χ3v) is 6.01. The molecule has 1 heterocycles. The van der Waals surface area contributed by atoms with E-state index < -0.39 is 10.0 Å². The van der Waals surface area contributed by atoms with Gasteiger partial charge in [-0.2, -0.15) is 0 Å². The Labute approximate surface area is 158 Å². The Balaban J connectivity index is 1.83. The van der Waals surface area contributed by atoms with Crippen molar-refractivity contribution in [2.45, 2.75) is 18.7 Å². The summed E-state index contributed by atoms with van der Waals surface area (Å²) in [4.78, 5) is 0.203. The van der Waals surface area contributed by atoms with Gasteiger partial charge in [0, 0.05) is 11.6 Å². The molecule has 0 amide bonds. The van der Waals surface area contributed by atoms with Gasteiger partial charge in [0.15, 0.2) is 11.5 Å². The van der Waals surface area contributed by atoms with Crippen molar-refractivity contribution in [1.82, 2.24) is 0 Å². The van der Waals surface area contributed by atoms with Gasteiger partial charge in [0.25, 0.3) is 10.0 Å². The molecule has 1 N–H and O–H groups in total. The minimum atomic E-state index is -3.73. The van der Waals surface area contributed by atoms with Crippen molar-refractivity contribution in [1.29, 1.82) is 0 Å². The van der Waals surface area contributed by atoms with Gasteiger partial charge in [-0.05, 0) is 48.7 Å². The fourth-order valence-corrected chi connectivity index (χ4v) is 4.07. The standard InChI is InChI=1S/C21H19NO4S/c1-14-8-9-16(10-15(14)2)18-11-20-21(26-13-25-20)12-19(18)22-27(23,24)17-6-4-3-5-7-17/h3-12,22H,13H2,1-2H3. The second kappa shape index (κ2) is 6.63. The van der Waals surface area contributed by atoms with E-state index in [-0.39, 0.29) is 11.7 Å². The summed E-state index contributed by atoms with van der Waals surface area (Å²) in [5.41, 5.74) is 4.39. The van der Waals surface area contributed by atoms with Crippen LogP contribution in [0.1, 0.15) is 11.1 Å². The quantitative estimate of drug-likeness (QED) is 0.723. The third kappa shape index (κ3) is 3.36. The van der Waals surface area contributed by atoms with Crippen LogP contribution in [0.4, 0.5) is 5.69 Å². The molecule has 138 valence electrons. The highest BCUT2D eigenvalue weighted by Crippen LogP contribution is 2.42. The number of hydrogen-bond donors (Lipinski definition) is 1. The molecule has 0 atom stereocenters. The Kier molecular flexibility index (Phi) is 4.28. The molecule has 3 aromatic rings. The molecule has 0 saturated heterocycles.